The molecule has 1 rings (SSSR count). The SMILES string of the molecule is C[C]1CCOC(C)C1. The normalized spacial score (nSPS) is 33.0. The summed E-state index contributed by atoms with van der Waals surface area (Å²) in [6.45, 7) is 5.27. The Bertz CT molecular complexity index is 62.8. The maximum atomic E-state index is 5.33. The maximum Gasteiger partial charge on any atom is 0.0552 e. The van der Waals surface area contributed by atoms with Crippen LogP contribution in [0, 0.1) is 5.92 Å². The predicted octanol–water partition coefficient (Wildman–Crippen LogP) is 1.78. The molecule has 47 valence electrons. The molecule has 1 heterocycles. The molecule has 0 aromatic rings. The van der Waals surface area contributed by atoms with Gasteiger partial charge >= 0.3 is 0 Å². The molecule has 0 amide bonds. The van der Waals surface area contributed by atoms with Crippen LogP contribution in [-0.2, 0) is 4.74 Å². The zero-order chi connectivity index (χ0) is 5.98. The lowest BCUT2D eigenvalue weighted by Gasteiger charge is -2.23. The molecule has 1 unspecified atom stereocenters. The molecule has 0 N–H and O–H groups in total. The molecule has 1 radical (unpaired) electrons. The second-order valence-corrected chi connectivity index (χ2v) is 2.59. The van der Waals surface area contributed by atoms with E-state index < -0.39 is 0 Å². The third-order valence-corrected chi connectivity index (χ3v) is 1.57. The summed E-state index contributed by atoms with van der Waals surface area (Å²) in [4.78, 5) is 0. The second kappa shape index (κ2) is 2.49. The fraction of sp³-hybridized carbons (Fsp3) is 0.857. The lowest BCUT2D eigenvalue weighted by Crippen LogP contribution is -2.19. The zero-order valence-electron chi connectivity index (χ0n) is 5.61. The highest BCUT2D eigenvalue weighted by Gasteiger charge is 2.14. The lowest BCUT2D eigenvalue weighted by atomic mass is 9.99. The summed E-state index contributed by atoms with van der Waals surface area (Å²) in [6, 6.07) is 0. The standard InChI is InChI=1S/C7H13O/c1-6-3-4-8-7(2)5-6/h7H,3-5H2,1-2H3. The van der Waals surface area contributed by atoms with Crippen LogP contribution < -0.4 is 0 Å². The molecule has 0 aromatic carbocycles. The monoisotopic (exact) mass is 113 g/mol. The summed E-state index contributed by atoms with van der Waals surface area (Å²) >= 11 is 0. The van der Waals surface area contributed by atoms with Gasteiger partial charge in [-0.2, -0.15) is 0 Å². The molecule has 0 aliphatic carbocycles. The van der Waals surface area contributed by atoms with Gasteiger partial charge in [0.2, 0.25) is 0 Å². The van der Waals surface area contributed by atoms with Gasteiger partial charge in [0.25, 0.3) is 0 Å². The minimum Gasteiger partial charge on any atom is -0.378 e. The average molecular weight is 113 g/mol. The van der Waals surface area contributed by atoms with Gasteiger partial charge in [0.15, 0.2) is 0 Å². The van der Waals surface area contributed by atoms with E-state index in [9.17, 15) is 0 Å². The third-order valence-electron chi connectivity index (χ3n) is 1.57. The van der Waals surface area contributed by atoms with Gasteiger partial charge in [0.05, 0.1) is 6.10 Å². The molecule has 0 spiro atoms. The number of rotatable bonds is 0. The first kappa shape index (κ1) is 6.09. The summed E-state index contributed by atoms with van der Waals surface area (Å²) in [5, 5.41) is 0. The zero-order valence-corrected chi connectivity index (χ0v) is 5.61. The first-order chi connectivity index (χ1) is 3.79. The number of ether oxygens (including phenoxy) is 1. The predicted molar refractivity (Wildman–Crippen MR) is 33.6 cm³/mol. The van der Waals surface area contributed by atoms with Crippen molar-refractivity contribution in [3.8, 4) is 0 Å². The third kappa shape index (κ3) is 1.48. The quantitative estimate of drug-likeness (QED) is 0.465. The van der Waals surface area contributed by atoms with Crippen LogP contribution in [0.3, 0.4) is 0 Å². The topological polar surface area (TPSA) is 9.23 Å². The highest BCUT2D eigenvalue weighted by atomic mass is 16.5. The highest BCUT2D eigenvalue weighted by molar-refractivity contribution is 4.88. The van der Waals surface area contributed by atoms with Crippen molar-refractivity contribution < 1.29 is 4.74 Å². The van der Waals surface area contributed by atoms with Crippen molar-refractivity contribution in [1.82, 2.24) is 0 Å². The average Bonchev–Trinajstić information content (AvgIpc) is 1.64. The highest BCUT2D eigenvalue weighted by Crippen LogP contribution is 2.20. The first-order valence-electron chi connectivity index (χ1n) is 3.22. The minimum absolute atomic E-state index is 0.476. The molecule has 0 aromatic heterocycles. The van der Waals surface area contributed by atoms with E-state index in [2.05, 4.69) is 13.8 Å². The molecule has 0 saturated carbocycles. The molecule has 1 nitrogen and oxygen atoms in total. The van der Waals surface area contributed by atoms with E-state index in [1.807, 2.05) is 0 Å². The molecule has 1 fully saturated rings. The lowest BCUT2D eigenvalue weighted by molar-refractivity contribution is 0.0384. The van der Waals surface area contributed by atoms with Crippen LogP contribution in [0.25, 0.3) is 0 Å². The second-order valence-electron chi connectivity index (χ2n) is 2.59. The van der Waals surface area contributed by atoms with Crippen LogP contribution in [0.4, 0.5) is 0 Å². The smallest absolute Gasteiger partial charge is 0.0552 e. The van der Waals surface area contributed by atoms with Gasteiger partial charge < -0.3 is 4.74 Å². The Kier molecular flexibility index (Phi) is 1.90. The van der Waals surface area contributed by atoms with E-state index in [-0.39, 0.29) is 0 Å². The van der Waals surface area contributed by atoms with E-state index in [0.717, 1.165) is 6.61 Å². The van der Waals surface area contributed by atoms with Gasteiger partial charge in [-0.1, -0.05) is 6.92 Å². The number of hydrogen-bond acceptors (Lipinski definition) is 1. The van der Waals surface area contributed by atoms with Crippen LogP contribution in [0.15, 0.2) is 0 Å². The van der Waals surface area contributed by atoms with E-state index in [4.69, 9.17) is 4.74 Å². The van der Waals surface area contributed by atoms with Crippen molar-refractivity contribution in [2.24, 2.45) is 0 Å². The van der Waals surface area contributed by atoms with E-state index in [1.165, 1.54) is 12.8 Å². The van der Waals surface area contributed by atoms with Crippen molar-refractivity contribution in [2.75, 3.05) is 6.61 Å². The van der Waals surface area contributed by atoms with Gasteiger partial charge in [-0.3, -0.25) is 0 Å². The van der Waals surface area contributed by atoms with Crippen LogP contribution in [0.5, 0.6) is 0 Å². The number of hydrogen-bond donors (Lipinski definition) is 0. The molecule has 1 aliphatic heterocycles. The van der Waals surface area contributed by atoms with Crippen molar-refractivity contribution in [1.29, 1.82) is 0 Å². The Morgan fingerprint density at radius 2 is 2.38 bits per heavy atom. The molecular formula is C7H13O. The largest absolute Gasteiger partial charge is 0.378 e. The molecule has 1 heteroatoms. The Morgan fingerprint density at radius 3 is 2.75 bits per heavy atom. The Morgan fingerprint density at radius 1 is 1.62 bits per heavy atom. The minimum atomic E-state index is 0.476. The molecule has 1 saturated heterocycles. The van der Waals surface area contributed by atoms with Gasteiger partial charge in [-0.05, 0) is 25.7 Å². The molecule has 1 aliphatic rings. The summed E-state index contributed by atoms with van der Waals surface area (Å²) in [5.41, 5.74) is 0. The van der Waals surface area contributed by atoms with Crippen LogP contribution in [0.1, 0.15) is 26.7 Å². The van der Waals surface area contributed by atoms with E-state index in [1.54, 1.807) is 5.92 Å². The molecule has 8 heavy (non-hydrogen) atoms. The molecular weight excluding hydrogens is 100 g/mol. The van der Waals surface area contributed by atoms with E-state index >= 15 is 0 Å². The van der Waals surface area contributed by atoms with Crippen LogP contribution in [0.2, 0.25) is 0 Å². The van der Waals surface area contributed by atoms with Crippen LogP contribution >= 0.6 is 0 Å². The van der Waals surface area contributed by atoms with Gasteiger partial charge in [0, 0.05) is 6.61 Å². The van der Waals surface area contributed by atoms with Crippen molar-refractivity contribution in [2.45, 2.75) is 32.8 Å². The van der Waals surface area contributed by atoms with Crippen molar-refractivity contribution in [3.63, 3.8) is 0 Å². The van der Waals surface area contributed by atoms with Crippen molar-refractivity contribution in [3.05, 3.63) is 5.92 Å². The van der Waals surface area contributed by atoms with E-state index in [0.29, 0.717) is 6.10 Å². The summed E-state index contributed by atoms with van der Waals surface area (Å²) < 4.78 is 5.33. The van der Waals surface area contributed by atoms with Gasteiger partial charge in [-0.25, -0.2) is 0 Å². The Hall–Kier alpha value is -0.0400. The summed E-state index contributed by atoms with van der Waals surface area (Å²) in [5.74, 6) is 1.59. The van der Waals surface area contributed by atoms with Crippen molar-refractivity contribution >= 4 is 0 Å². The Balaban J connectivity index is 2.23. The summed E-state index contributed by atoms with van der Waals surface area (Å²) in [7, 11) is 0. The molecule has 0 bridgehead atoms. The van der Waals surface area contributed by atoms with Gasteiger partial charge in [0.1, 0.15) is 0 Å². The summed E-state index contributed by atoms with van der Waals surface area (Å²) in [6.07, 6.45) is 2.81. The fourth-order valence-electron chi connectivity index (χ4n) is 1.09. The maximum absolute atomic E-state index is 5.33. The molecule has 1 atom stereocenters. The van der Waals surface area contributed by atoms with Gasteiger partial charge in [-0.15, -0.1) is 0 Å². The Labute approximate surface area is 51.0 Å². The first-order valence-corrected chi connectivity index (χ1v) is 3.22. The fourth-order valence-corrected chi connectivity index (χ4v) is 1.09. The van der Waals surface area contributed by atoms with Crippen LogP contribution in [-0.4, -0.2) is 12.7 Å².